The number of carbonyl (C=O) groups excluding carboxylic acids is 2. The third kappa shape index (κ3) is 3.99. The molecule has 0 radical (unpaired) electrons. The Kier molecular flexibility index (Phi) is 5.93. The van der Waals surface area contributed by atoms with Gasteiger partial charge in [-0.1, -0.05) is 30.3 Å². The summed E-state index contributed by atoms with van der Waals surface area (Å²) in [6, 6.07) is 12.9. The quantitative estimate of drug-likeness (QED) is 0.722. The van der Waals surface area contributed by atoms with Crippen molar-refractivity contribution in [2.24, 2.45) is 0 Å². The van der Waals surface area contributed by atoms with Crippen molar-refractivity contribution < 1.29 is 19.1 Å². The van der Waals surface area contributed by atoms with Gasteiger partial charge in [0.05, 0.1) is 24.3 Å². The van der Waals surface area contributed by atoms with Crippen molar-refractivity contribution >= 4 is 27.9 Å². The molecule has 5 heteroatoms. The van der Waals surface area contributed by atoms with E-state index in [-0.39, 0.29) is 13.2 Å². The first kappa shape index (κ1) is 17.2. The molecule has 4 nitrogen and oxygen atoms in total. The predicted octanol–water partition coefficient (Wildman–Crippen LogP) is 4.47. The molecule has 0 N–H and O–H groups in total. The van der Waals surface area contributed by atoms with Gasteiger partial charge in [-0.25, -0.2) is 9.59 Å². The number of carbonyl (C=O) groups is 2. The molecule has 0 saturated heterocycles. The van der Waals surface area contributed by atoms with Gasteiger partial charge in [-0.2, -0.15) is 0 Å². The average molecular weight is 377 g/mol. The van der Waals surface area contributed by atoms with E-state index in [2.05, 4.69) is 15.9 Å². The van der Waals surface area contributed by atoms with Crippen molar-refractivity contribution in [2.75, 3.05) is 13.2 Å². The van der Waals surface area contributed by atoms with Crippen molar-refractivity contribution in [3.63, 3.8) is 0 Å². The highest BCUT2D eigenvalue weighted by Gasteiger charge is 2.21. The lowest BCUT2D eigenvalue weighted by molar-refractivity contribution is 0.0523. The normalized spacial score (nSPS) is 10.2. The van der Waals surface area contributed by atoms with Crippen LogP contribution in [0.15, 0.2) is 46.9 Å². The van der Waals surface area contributed by atoms with Crippen molar-refractivity contribution in [2.45, 2.75) is 13.8 Å². The number of benzene rings is 2. The fourth-order valence-electron chi connectivity index (χ4n) is 2.14. The first-order chi connectivity index (χ1) is 11.1. The lowest BCUT2D eigenvalue weighted by Crippen LogP contribution is -2.11. The van der Waals surface area contributed by atoms with Gasteiger partial charge in [-0.15, -0.1) is 0 Å². The maximum absolute atomic E-state index is 12.2. The van der Waals surface area contributed by atoms with Crippen LogP contribution in [-0.4, -0.2) is 25.2 Å². The Morgan fingerprint density at radius 1 is 0.870 bits per heavy atom. The van der Waals surface area contributed by atoms with E-state index >= 15 is 0 Å². The van der Waals surface area contributed by atoms with Crippen LogP contribution in [0, 0.1) is 0 Å². The summed E-state index contributed by atoms with van der Waals surface area (Å²) in [4.78, 5) is 24.4. The van der Waals surface area contributed by atoms with Crippen LogP contribution >= 0.6 is 15.9 Å². The van der Waals surface area contributed by atoms with Gasteiger partial charge in [-0.05, 0) is 53.0 Å². The van der Waals surface area contributed by atoms with E-state index in [0.29, 0.717) is 15.6 Å². The topological polar surface area (TPSA) is 52.6 Å². The van der Waals surface area contributed by atoms with E-state index in [0.717, 1.165) is 11.1 Å². The van der Waals surface area contributed by atoms with Crippen LogP contribution in [0.3, 0.4) is 0 Å². The Hall–Kier alpha value is -2.14. The van der Waals surface area contributed by atoms with Crippen molar-refractivity contribution in [1.82, 2.24) is 0 Å². The highest BCUT2D eigenvalue weighted by molar-refractivity contribution is 9.10. The zero-order valence-corrected chi connectivity index (χ0v) is 14.6. The molecule has 0 heterocycles. The summed E-state index contributed by atoms with van der Waals surface area (Å²) < 4.78 is 10.5. The van der Waals surface area contributed by atoms with E-state index in [4.69, 9.17) is 9.47 Å². The molecule has 0 aromatic heterocycles. The predicted molar refractivity (Wildman–Crippen MR) is 91.5 cm³/mol. The van der Waals surface area contributed by atoms with Gasteiger partial charge in [0.2, 0.25) is 0 Å². The Labute approximate surface area is 143 Å². The lowest BCUT2D eigenvalue weighted by Gasteiger charge is -2.12. The van der Waals surface area contributed by atoms with Crippen LogP contribution in [0.5, 0.6) is 0 Å². The molecular weight excluding hydrogens is 360 g/mol. The van der Waals surface area contributed by atoms with Crippen LogP contribution in [0.4, 0.5) is 0 Å². The lowest BCUT2D eigenvalue weighted by atomic mass is 9.99. The molecule has 2 rings (SSSR count). The molecule has 0 aliphatic carbocycles. The smallest absolute Gasteiger partial charge is 0.339 e. The molecule has 23 heavy (non-hydrogen) atoms. The molecule has 0 aliphatic rings. The molecule has 0 saturated carbocycles. The molecule has 120 valence electrons. The minimum absolute atomic E-state index is 0.260. The zero-order valence-electron chi connectivity index (χ0n) is 13.0. The third-order valence-corrected chi connectivity index (χ3v) is 4.02. The first-order valence-electron chi connectivity index (χ1n) is 7.31. The Bertz CT molecular complexity index is 671. The maximum atomic E-state index is 12.2. The fourth-order valence-corrected chi connectivity index (χ4v) is 2.69. The molecule has 0 bridgehead atoms. The Morgan fingerprint density at radius 2 is 1.35 bits per heavy atom. The summed E-state index contributed by atoms with van der Waals surface area (Å²) >= 11 is 3.33. The van der Waals surface area contributed by atoms with Gasteiger partial charge in [0.1, 0.15) is 0 Å². The molecule has 0 spiro atoms. The van der Waals surface area contributed by atoms with E-state index in [1.165, 1.54) is 0 Å². The standard InChI is InChI=1S/C18H17BrO4/c1-3-22-17(20)14-10-13(12-8-6-5-7-9-12)11-15(16(14)19)18(21)23-4-2/h5-11H,3-4H2,1-2H3. The van der Waals surface area contributed by atoms with Crippen LogP contribution < -0.4 is 0 Å². The minimum Gasteiger partial charge on any atom is -0.462 e. The van der Waals surface area contributed by atoms with E-state index in [1.54, 1.807) is 26.0 Å². The fraction of sp³-hybridized carbons (Fsp3) is 0.222. The van der Waals surface area contributed by atoms with Gasteiger partial charge in [0.15, 0.2) is 0 Å². The minimum atomic E-state index is -0.484. The highest BCUT2D eigenvalue weighted by atomic mass is 79.9. The van der Waals surface area contributed by atoms with Gasteiger partial charge in [-0.3, -0.25) is 0 Å². The van der Waals surface area contributed by atoms with Crippen LogP contribution in [0.2, 0.25) is 0 Å². The Morgan fingerprint density at radius 3 is 1.78 bits per heavy atom. The summed E-state index contributed by atoms with van der Waals surface area (Å²) in [5.41, 5.74) is 2.25. The van der Waals surface area contributed by atoms with Crippen LogP contribution in [-0.2, 0) is 9.47 Å². The number of esters is 2. The SMILES string of the molecule is CCOC(=O)c1cc(-c2ccccc2)cc(C(=O)OCC)c1Br. The number of hydrogen-bond acceptors (Lipinski definition) is 4. The van der Waals surface area contributed by atoms with E-state index in [1.807, 2.05) is 30.3 Å². The van der Waals surface area contributed by atoms with Crippen LogP contribution in [0.25, 0.3) is 11.1 Å². The van der Waals surface area contributed by atoms with Gasteiger partial charge >= 0.3 is 11.9 Å². The average Bonchev–Trinajstić information content (AvgIpc) is 2.56. The molecule has 2 aromatic carbocycles. The molecular formula is C18H17BrO4. The van der Waals surface area contributed by atoms with Gasteiger partial charge in [0, 0.05) is 4.47 Å². The largest absolute Gasteiger partial charge is 0.462 e. The molecule has 0 atom stereocenters. The monoisotopic (exact) mass is 376 g/mol. The van der Waals surface area contributed by atoms with E-state index < -0.39 is 11.9 Å². The molecule has 0 amide bonds. The number of rotatable bonds is 5. The van der Waals surface area contributed by atoms with Crippen molar-refractivity contribution in [3.05, 3.63) is 58.1 Å². The van der Waals surface area contributed by atoms with Gasteiger partial charge < -0.3 is 9.47 Å². The van der Waals surface area contributed by atoms with Crippen molar-refractivity contribution in [1.29, 1.82) is 0 Å². The second-order valence-electron chi connectivity index (χ2n) is 4.69. The highest BCUT2D eigenvalue weighted by Crippen LogP contribution is 2.30. The first-order valence-corrected chi connectivity index (χ1v) is 8.11. The summed E-state index contributed by atoms with van der Waals surface area (Å²) in [6.45, 7) is 3.99. The van der Waals surface area contributed by atoms with Gasteiger partial charge in [0.25, 0.3) is 0 Å². The zero-order chi connectivity index (χ0) is 16.8. The second kappa shape index (κ2) is 7.92. The molecule has 0 unspecified atom stereocenters. The molecule has 0 fully saturated rings. The van der Waals surface area contributed by atoms with Crippen LogP contribution in [0.1, 0.15) is 34.6 Å². The summed E-state index contributed by atoms with van der Waals surface area (Å²) in [7, 11) is 0. The molecule has 2 aromatic rings. The maximum Gasteiger partial charge on any atom is 0.339 e. The Balaban J connectivity index is 2.60. The number of hydrogen-bond donors (Lipinski definition) is 0. The summed E-state index contributed by atoms with van der Waals surface area (Å²) in [5, 5.41) is 0. The third-order valence-electron chi connectivity index (χ3n) is 3.17. The summed E-state index contributed by atoms with van der Waals surface area (Å²) in [5.74, 6) is -0.967. The molecule has 0 aliphatic heterocycles. The second-order valence-corrected chi connectivity index (χ2v) is 5.49. The van der Waals surface area contributed by atoms with E-state index in [9.17, 15) is 9.59 Å². The number of halogens is 1. The summed E-state index contributed by atoms with van der Waals surface area (Å²) in [6.07, 6.45) is 0. The van der Waals surface area contributed by atoms with Crippen molar-refractivity contribution in [3.8, 4) is 11.1 Å². The number of ether oxygens (including phenoxy) is 2.